The summed E-state index contributed by atoms with van der Waals surface area (Å²) in [5.41, 5.74) is 0. The molecule has 3 aromatic carbocycles. The van der Waals surface area contributed by atoms with Crippen LogP contribution in [0.1, 0.15) is 0 Å². The van der Waals surface area contributed by atoms with E-state index >= 15 is 0 Å². The molecule has 0 aliphatic carbocycles. The molecule has 78 valence electrons. The molecule has 0 saturated carbocycles. The van der Waals surface area contributed by atoms with Crippen LogP contribution in [-0.4, -0.2) is 0 Å². The first-order valence-electron chi connectivity index (χ1n) is 5.02. The lowest BCUT2D eigenvalue weighted by molar-refractivity contribution is 1.69. The summed E-state index contributed by atoms with van der Waals surface area (Å²) in [5.74, 6) is 0. The monoisotopic (exact) mass is 334 g/mol. The van der Waals surface area contributed by atoms with E-state index in [-0.39, 0.29) is 0 Å². The molecule has 0 heterocycles. The van der Waals surface area contributed by atoms with Crippen molar-refractivity contribution in [1.29, 1.82) is 0 Å². The van der Waals surface area contributed by atoms with Gasteiger partial charge in [0.15, 0.2) is 0 Å². The van der Waals surface area contributed by atoms with Crippen molar-refractivity contribution in [3.05, 3.63) is 57.5 Å². The van der Waals surface area contributed by atoms with E-state index in [1.54, 1.807) is 0 Å². The Kier molecular flexibility index (Phi) is 2.49. The summed E-state index contributed by atoms with van der Waals surface area (Å²) < 4.78 is 2.27. The summed E-state index contributed by atoms with van der Waals surface area (Å²) in [6, 6.07) is 17.0. The van der Waals surface area contributed by atoms with Crippen molar-refractivity contribution >= 4 is 53.4 Å². The van der Waals surface area contributed by atoms with Gasteiger partial charge in [-0.3, -0.25) is 0 Å². The molecule has 16 heavy (non-hydrogen) atoms. The quantitative estimate of drug-likeness (QED) is 0.474. The van der Waals surface area contributed by atoms with E-state index in [1.807, 2.05) is 0 Å². The third kappa shape index (κ3) is 1.57. The molecular formula is C14H8Br2. The van der Waals surface area contributed by atoms with E-state index in [0.29, 0.717) is 0 Å². The van der Waals surface area contributed by atoms with E-state index in [9.17, 15) is 0 Å². The molecule has 0 atom stereocenters. The van der Waals surface area contributed by atoms with Crippen LogP contribution in [0.25, 0.3) is 21.5 Å². The zero-order valence-corrected chi connectivity index (χ0v) is 11.5. The summed E-state index contributed by atoms with van der Waals surface area (Å²) in [7, 11) is 0. The van der Waals surface area contributed by atoms with Crippen molar-refractivity contribution < 1.29 is 0 Å². The molecule has 0 nitrogen and oxygen atoms in total. The Labute approximate surface area is 111 Å². The fourth-order valence-electron chi connectivity index (χ4n) is 1.96. The molecule has 0 unspecified atom stereocenters. The molecule has 2 heteroatoms. The van der Waals surface area contributed by atoms with Crippen molar-refractivity contribution in [3.8, 4) is 0 Å². The van der Waals surface area contributed by atoms with Crippen molar-refractivity contribution in [2.24, 2.45) is 0 Å². The van der Waals surface area contributed by atoms with Crippen LogP contribution in [0, 0.1) is 0 Å². The predicted octanol–water partition coefficient (Wildman–Crippen LogP) is 5.52. The first kappa shape index (κ1) is 10.3. The fourth-order valence-corrected chi connectivity index (χ4v) is 2.88. The van der Waals surface area contributed by atoms with E-state index in [4.69, 9.17) is 0 Å². The lowest BCUT2D eigenvalue weighted by atomic mass is 10.0. The maximum atomic E-state index is 3.60. The Morgan fingerprint density at radius 2 is 1.06 bits per heavy atom. The minimum atomic E-state index is 1.14. The molecule has 3 rings (SSSR count). The van der Waals surface area contributed by atoms with E-state index < -0.39 is 0 Å². The van der Waals surface area contributed by atoms with Gasteiger partial charge >= 0.3 is 0 Å². The van der Waals surface area contributed by atoms with Crippen LogP contribution >= 0.6 is 31.9 Å². The van der Waals surface area contributed by atoms with Gasteiger partial charge in [0.25, 0.3) is 0 Å². The number of halogens is 2. The van der Waals surface area contributed by atoms with E-state index in [0.717, 1.165) is 8.95 Å². The van der Waals surface area contributed by atoms with Crippen LogP contribution in [0.15, 0.2) is 57.5 Å². The molecule has 0 fully saturated rings. The van der Waals surface area contributed by atoms with Crippen molar-refractivity contribution in [1.82, 2.24) is 0 Å². The van der Waals surface area contributed by atoms with E-state index in [1.165, 1.54) is 21.5 Å². The van der Waals surface area contributed by atoms with Crippen LogP contribution in [0.5, 0.6) is 0 Å². The maximum Gasteiger partial charge on any atom is 0.0254 e. The SMILES string of the molecule is Brc1ccc(Br)c2cc3ccccc3cc12. The molecule has 0 N–H and O–H groups in total. The molecule has 0 aliphatic rings. The molecule has 3 aromatic rings. The van der Waals surface area contributed by atoms with Gasteiger partial charge in [-0.15, -0.1) is 0 Å². The maximum absolute atomic E-state index is 3.60. The highest BCUT2D eigenvalue weighted by Crippen LogP contribution is 2.33. The predicted molar refractivity (Wildman–Crippen MR) is 76.9 cm³/mol. The molecule has 0 amide bonds. The third-order valence-corrected chi connectivity index (χ3v) is 4.16. The van der Waals surface area contributed by atoms with Gasteiger partial charge in [0, 0.05) is 8.95 Å². The van der Waals surface area contributed by atoms with Gasteiger partial charge in [0.2, 0.25) is 0 Å². The van der Waals surface area contributed by atoms with Crippen molar-refractivity contribution in [2.45, 2.75) is 0 Å². The highest BCUT2D eigenvalue weighted by molar-refractivity contribution is 9.11. The zero-order chi connectivity index (χ0) is 11.1. The molecule has 0 radical (unpaired) electrons. The Morgan fingerprint density at radius 3 is 1.50 bits per heavy atom. The van der Waals surface area contributed by atoms with Crippen LogP contribution in [-0.2, 0) is 0 Å². The van der Waals surface area contributed by atoms with Crippen LogP contribution in [0.3, 0.4) is 0 Å². The highest BCUT2D eigenvalue weighted by Gasteiger charge is 2.04. The van der Waals surface area contributed by atoms with Gasteiger partial charge in [0.1, 0.15) is 0 Å². The smallest absolute Gasteiger partial charge is 0.0254 e. The Balaban J connectivity index is 2.56. The van der Waals surface area contributed by atoms with Gasteiger partial charge in [-0.2, -0.15) is 0 Å². The second-order valence-electron chi connectivity index (χ2n) is 3.77. The molecule has 0 spiro atoms. The summed E-state index contributed by atoms with van der Waals surface area (Å²) in [6.45, 7) is 0. The van der Waals surface area contributed by atoms with Gasteiger partial charge in [-0.05, 0) is 45.8 Å². The second-order valence-corrected chi connectivity index (χ2v) is 5.48. The molecule has 0 aliphatic heterocycles. The van der Waals surface area contributed by atoms with Crippen LogP contribution in [0.4, 0.5) is 0 Å². The number of hydrogen-bond donors (Lipinski definition) is 0. The summed E-state index contributed by atoms with van der Waals surface area (Å²) in [4.78, 5) is 0. The van der Waals surface area contributed by atoms with Gasteiger partial charge < -0.3 is 0 Å². The number of benzene rings is 3. The molecule has 0 aromatic heterocycles. The lowest BCUT2D eigenvalue weighted by Crippen LogP contribution is -1.79. The van der Waals surface area contributed by atoms with Gasteiger partial charge in [-0.1, -0.05) is 56.1 Å². The average molecular weight is 336 g/mol. The summed E-state index contributed by atoms with van der Waals surface area (Å²) in [6.07, 6.45) is 0. The molecule has 0 saturated heterocycles. The standard InChI is InChI=1S/C14H8Br2/c15-13-5-6-14(16)12-8-10-4-2-1-3-9(10)7-11(12)13/h1-8H. The van der Waals surface area contributed by atoms with Crippen molar-refractivity contribution in [3.63, 3.8) is 0 Å². The highest BCUT2D eigenvalue weighted by atomic mass is 79.9. The number of fused-ring (bicyclic) bond motifs is 2. The Morgan fingerprint density at radius 1 is 0.625 bits per heavy atom. The zero-order valence-electron chi connectivity index (χ0n) is 8.37. The minimum absolute atomic E-state index is 1.14. The normalized spacial score (nSPS) is 11.1. The average Bonchev–Trinajstić information content (AvgIpc) is 2.32. The largest absolute Gasteiger partial charge is 0.0616 e. The fraction of sp³-hybridized carbons (Fsp3) is 0. The first-order chi connectivity index (χ1) is 7.75. The summed E-state index contributed by atoms with van der Waals surface area (Å²) in [5, 5.41) is 5.03. The first-order valence-corrected chi connectivity index (χ1v) is 6.61. The summed E-state index contributed by atoms with van der Waals surface area (Å²) >= 11 is 7.19. The van der Waals surface area contributed by atoms with E-state index in [2.05, 4.69) is 80.4 Å². The molecular weight excluding hydrogens is 328 g/mol. The third-order valence-electron chi connectivity index (χ3n) is 2.78. The van der Waals surface area contributed by atoms with Crippen molar-refractivity contribution in [2.75, 3.05) is 0 Å². The van der Waals surface area contributed by atoms with Crippen LogP contribution < -0.4 is 0 Å². The number of hydrogen-bond acceptors (Lipinski definition) is 0. The van der Waals surface area contributed by atoms with Gasteiger partial charge in [-0.25, -0.2) is 0 Å². The number of rotatable bonds is 0. The topological polar surface area (TPSA) is 0 Å². The van der Waals surface area contributed by atoms with Crippen LogP contribution in [0.2, 0.25) is 0 Å². The lowest BCUT2D eigenvalue weighted by Gasteiger charge is -2.06. The Bertz CT molecular complexity index is 627. The Hall–Kier alpha value is -0.860. The minimum Gasteiger partial charge on any atom is -0.0616 e. The van der Waals surface area contributed by atoms with Gasteiger partial charge in [0.05, 0.1) is 0 Å². The second kappa shape index (κ2) is 3.86. The molecule has 0 bridgehead atoms.